The SMILES string of the molecule is CCNC(=O)c1cccc(NC(=O)COC(=O)CCN2C(=O)c3ccc(C)cc3C2=O)c1. The van der Waals surface area contributed by atoms with E-state index in [1.54, 1.807) is 43.3 Å². The van der Waals surface area contributed by atoms with E-state index in [1.165, 1.54) is 6.07 Å². The molecular weight excluding hydrogens is 414 g/mol. The minimum absolute atomic E-state index is 0.138. The Labute approximate surface area is 184 Å². The number of rotatable bonds is 8. The number of aryl methyl sites for hydroxylation is 1. The van der Waals surface area contributed by atoms with E-state index in [4.69, 9.17) is 4.74 Å². The molecule has 0 unspecified atom stereocenters. The van der Waals surface area contributed by atoms with E-state index < -0.39 is 30.3 Å². The van der Waals surface area contributed by atoms with Crippen LogP contribution in [0.4, 0.5) is 5.69 Å². The van der Waals surface area contributed by atoms with Crippen molar-refractivity contribution in [1.82, 2.24) is 10.2 Å². The molecule has 0 saturated heterocycles. The van der Waals surface area contributed by atoms with Crippen LogP contribution in [0.1, 0.15) is 50.0 Å². The summed E-state index contributed by atoms with van der Waals surface area (Å²) in [6.45, 7) is 3.42. The predicted octanol–water partition coefficient (Wildman–Crippen LogP) is 1.91. The number of carbonyl (C=O) groups is 5. The summed E-state index contributed by atoms with van der Waals surface area (Å²) in [5.41, 5.74) is 2.25. The zero-order valence-electron chi connectivity index (χ0n) is 17.8. The molecule has 1 aliphatic heterocycles. The number of hydrogen-bond acceptors (Lipinski definition) is 6. The van der Waals surface area contributed by atoms with Gasteiger partial charge in [-0.05, 0) is 44.2 Å². The van der Waals surface area contributed by atoms with Gasteiger partial charge in [0.1, 0.15) is 0 Å². The highest BCUT2D eigenvalue weighted by Gasteiger charge is 2.35. The summed E-state index contributed by atoms with van der Waals surface area (Å²) in [7, 11) is 0. The summed E-state index contributed by atoms with van der Waals surface area (Å²) < 4.78 is 4.94. The molecule has 1 aliphatic rings. The summed E-state index contributed by atoms with van der Waals surface area (Å²) in [6, 6.07) is 11.3. The van der Waals surface area contributed by atoms with Crippen molar-refractivity contribution in [2.75, 3.05) is 25.0 Å². The Morgan fingerprint density at radius 3 is 2.50 bits per heavy atom. The minimum Gasteiger partial charge on any atom is -0.456 e. The second-order valence-electron chi connectivity index (χ2n) is 7.21. The molecule has 0 atom stereocenters. The van der Waals surface area contributed by atoms with E-state index in [9.17, 15) is 24.0 Å². The van der Waals surface area contributed by atoms with Crippen molar-refractivity contribution in [3.63, 3.8) is 0 Å². The number of fused-ring (bicyclic) bond motifs is 1. The lowest BCUT2D eigenvalue weighted by Crippen LogP contribution is -2.32. The van der Waals surface area contributed by atoms with Crippen molar-refractivity contribution in [2.24, 2.45) is 0 Å². The van der Waals surface area contributed by atoms with E-state index >= 15 is 0 Å². The molecule has 1 heterocycles. The number of esters is 1. The van der Waals surface area contributed by atoms with Gasteiger partial charge < -0.3 is 15.4 Å². The summed E-state index contributed by atoms with van der Waals surface area (Å²) in [5.74, 6) is -2.47. The Bertz CT molecular complexity index is 1090. The second-order valence-corrected chi connectivity index (χ2v) is 7.21. The van der Waals surface area contributed by atoms with Gasteiger partial charge >= 0.3 is 5.97 Å². The number of carbonyl (C=O) groups excluding carboxylic acids is 5. The Balaban J connectivity index is 1.47. The summed E-state index contributed by atoms with van der Waals surface area (Å²) >= 11 is 0. The third-order valence-corrected chi connectivity index (χ3v) is 4.78. The average Bonchev–Trinajstić information content (AvgIpc) is 3.00. The van der Waals surface area contributed by atoms with Crippen LogP contribution in [0.5, 0.6) is 0 Å². The minimum atomic E-state index is -0.719. The van der Waals surface area contributed by atoms with Gasteiger partial charge in [-0.15, -0.1) is 0 Å². The second kappa shape index (κ2) is 9.86. The first-order valence-electron chi connectivity index (χ1n) is 10.1. The van der Waals surface area contributed by atoms with Crippen molar-refractivity contribution in [3.8, 4) is 0 Å². The number of nitrogens with zero attached hydrogens (tertiary/aromatic N) is 1. The van der Waals surface area contributed by atoms with E-state index in [-0.39, 0.29) is 18.9 Å². The molecule has 2 N–H and O–H groups in total. The van der Waals surface area contributed by atoms with Crippen molar-refractivity contribution in [1.29, 1.82) is 0 Å². The first kappa shape index (κ1) is 22.7. The van der Waals surface area contributed by atoms with E-state index in [2.05, 4.69) is 10.6 Å². The third-order valence-electron chi connectivity index (χ3n) is 4.78. The lowest BCUT2D eigenvalue weighted by Gasteiger charge is -2.13. The maximum absolute atomic E-state index is 12.4. The van der Waals surface area contributed by atoms with Gasteiger partial charge in [0, 0.05) is 24.3 Å². The highest BCUT2D eigenvalue weighted by atomic mass is 16.5. The molecule has 2 aromatic carbocycles. The first-order chi connectivity index (χ1) is 15.3. The zero-order chi connectivity index (χ0) is 23.3. The highest BCUT2D eigenvalue weighted by molar-refractivity contribution is 6.21. The standard InChI is InChI=1S/C23H23N3O6/c1-3-24-21(29)15-5-4-6-16(12-15)25-19(27)13-32-20(28)9-10-26-22(30)17-8-7-14(2)11-18(17)23(26)31/h4-8,11-12H,3,9-10,13H2,1-2H3,(H,24,29)(H,25,27). The number of anilines is 1. The quantitative estimate of drug-likeness (QED) is 0.481. The largest absolute Gasteiger partial charge is 0.456 e. The van der Waals surface area contributed by atoms with Crippen LogP contribution in [0.3, 0.4) is 0 Å². The molecule has 0 bridgehead atoms. The highest BCUT2D eigenvalue weighted by Crippen LogP contribution is 2.24. The van der Waals surface area contributed by atoms with Crippen LogP contribution >= 0.6 is 0 Å². The van der Waals surface area contributed by atoms with E-state index in [1.807, 2.05) is 6.92 Å². The van der Waals surface area contributed by atoms with Gasteiger partial charge in [-0.1, -0.05) is 17.7 Å². The predicted molar refractivity (Wildman–Crippen MR) is 115 cm³/mol. The third kappa shape index (κ3) is 5.18. The van der Waals surface area contributed by atoms with Crippen molar-refractivity contribution in [2.45, 2.75) is 20.3 Å². The number of amides is 4. The Hall–Kier alpha value is -4.01. The van der Waals surface area contributed by atoms with Crippen LogP contribution in [0.25, 0.3) is 0 Å². The molecule has 0 saturated carbocycles. The molecule has 32 heavy (non-hydrogen) atoms. The molecule has 9 nitrogen and oxygen atoms in total. The number of imide groups is 1. The molecule has 4 amide bonds. The Morgan fingerprint density at radius 2 is 1.75 bits per heavy atom. The molecule has 166 valence electrons. The topological polar surface area (TPSA) is 122 Å². The molecule has 3 rings (SSSR count). The first-order valence-corrected chi connectivity index (χ1v) is 10.1. The molecule has 0 aromatic heterocycles. The van der Waals surface area contributed by atoms with Gasteiger partial charge in [0.2, 0.25) is 0 Å². The van der Waals surface area contributed by atoms with Crippen molar-refractivity contribution >= 4 is 35.3 Å². The summed E-state index contributed by atoms with van der Waals surface area (Å²) in [5, 5.41) is 5.21. The van der Waals surface area contributed by atoms with Gasteiger partial charge in [-0.25, -0.2) is 0 Å². The fourth-order valence-corrected chi connectivity index (χ4v) is 3.23. The van der Waals surface area contributed by atoms with Gasteiger partial charge in [0.05, 0.1) is 17.5 Å². The van der Waals surface area contributed by atoms with E-state index in [0.29, 0.717) is 28.9 Å². The van der Waals surface area contributed by atoms with Crippen LogP contribution < -0.4 is 10.6 Å². The molecule has 0 radical (unpaired) electrons. The zero-order valence-corrected chi connectivity index (χ0v) is 17.8. The number of hydrogen-bond donors (Lipinski definition) is 2. The molecule has 0 spiro atoms. The molecule has 2 aromatic rings. The van der Waals surface area contributed by atoms with Crippen LogP contribution in [0, 0.1) is 6.92 Å². The van der Waals surface area contributed by atoms with Crippen LogP contribution in [0.2, 0.25) is 0 Å². The number of nitrogens with one attached hydrogen (secondary N) is 2. The molecule has 9 heteroatoms. The number of ether oxygens (including phenoxy) is 1. The maximum Gasteiger partial charge on any atom is 0.308 e. The van der Waals surface area contributed by atoms with Gasteiger partial charge in [-0.3, -0.25) is 28.9 Å². The lowest BCUT2D eigenvalue weighted by atomic mass is 10.1. The number of benzene rings is 2. The molecule has 0 aliphatic carbocycles. The smallest absolute Gasteiger partial charge is 0.308 e. The van der Waals surface area contributed by atoms with Crippen LogP contribution in [-0.2, 0) is 14.3 Å². The lowest BCUT2D eigenvalue weighted by molar-refractivity contribution is -0.147. The fraction of sp³-hybridized carbons (Fsp3) is 0.261. The summed E-state index contributed by atoms with van der Waals surface area (Å²) in [4.78, 5) is 61.7. The van der Waals surface area contributed by atoms with Gasteiger partial charge in [-0.2, -0.15) is 0 Å². The average molecular weight is 437 g/mol. The Morgan fingerprint density at radius 1 is 1.00 bits per heavy atom. The molecular formula is C23H23N3O6. The Kier molecular flexibility index (Phi) is 6.99. The van der Waals surface area contributed by atoms with E-state index in [0.717, 1.165) is 10.5 Å². The van der Waals surface area contributed by atoms with Crippen molar-refractivity contribution < 1.29 is 28.7 Å². The van der Waals surface area contributed by atoms with Crippen LogP contribution in [-0.4, -0.2) is 54.2 Å². The normalized spacial score (nSPS) is 12.4. The molecule has 0 fully saturated rings. The van der Waals surface area contributed by atoms with Gasteiger partial charge in [0.15, 0.2) is 6.61 Å². The maximum atomic E-state index is 12.4. The van der Waals surface area contributed by atoms with Gasteiger partial charge in [0.25, 0.3) is 23.6 Å². The monoisotopic (exact) mass is 437 g/mol. The van der Waals surface area contributed by atoms with Crippen molar-refractivity contribution in [3.05, 3.63) is 64.7 Å². The van der Waals surface area contributed by atoms with Crippen LogP contribution in [0.15, 0.2) is 42.5 Å². The summed E-state index contributed by atoms with van der Waals surface area (Å²) in [6.07, 6.45) is -0.232. The fourth-order valence-electron chi connectivity index (χ4n) is 3.23.